The summed E-state index contributed by atoms with van der Waals surface area (Å²) in [6, 6.07) is 9.84. The van der Waals surface area contributed by atoms with Crippen molar-refractivity contribution in [2.75, 3.05) is 13.6 Å². The summed E-state index contributed by atoms with van der Waals surface area (Å²) in [6.45, 7) is 0.896. The Bertz CT molecular complexity index is 1170. The number of amides is 2. The number of thiophene rings is 1. The molecule has 0 spiro atoms. The van der Waals surface area contributed by atoms with Crippen LogP contribution in [0.5, 0.6) is 0 Å². The minimum absolute atomic E-state index is 0.0382. The molecule has 32 heavy (non-hydrogen) atoms. The van der Waals surface area contributed by atoms with Crippen LogP contribution >= 0.6 is 11.3 Å². The molecular weight excluding hydrogens is 424 g/mol. The number of aromatic nitrogens is 2. The van der Waals surface area contributed by atoms with Gasteiger partial charge in [-0.15, -0.1) is 11.3 Å². The Morgan fingerprint density at radius 3 is 2.78 bits per heavy atom. The lowest BCUT2D eigenvalue weighted by atomic mass is 9.97. The van der Waals surface area contributed by atoms with E-state index in [1.165, 1.54) is 15.8 Å². The first kappa shape index (κ1) is 22.2. The van der Waals surface area contributed by atoms with Gasteiger partial charge in [0.1, 0.15) is 11.4 Å². The second-order valence-corrected chi connectivity index (χ2v) is 9.34. The highest BCUT2D eigenvalue weighted by Crippen LogP contribution is 2.33. The molecule has 2 heterocycles. The van der Waals surface area contributed by atoms with Crippen LogP contribution in [0.3, 0.4) is 0 Å². The topological polar surface area (TPSA) is 84.3 Å². The average Bonchev–Trinajstić information content (AvgIpc) is 3.18. The van der Waals surface area contributed by atoms with Gasteiger partial charge in [-0.05, 0) is 43.2 Å². The summed E-state index contributed by atoms with van der Waals surface area (Å²) in [5.41, 5.74) is 2.07. The van der Waals surface area contributed by atoms with Gasteiger partial charge in [-0.1, -0.05) is 30.3 Å². The van der Waals surface area contributed by atoms with Gasteiger partial charge in [-0.2, -0.15) is 0 Å². The molecule has 1 N–H and O–H groups in total. The first-order valence-corrected chi connectivity index (χ1v) is 11.9. The predicted molar refractivity (Wildman–Crippen MR) is 126 cm³/mol. The summed E-state index contributed by atoms with van der Waals surface area (Å²) in [4.78, 5) is 45.8. The van der Waals surface area contributed by atoms with E-state index >= 15 is 0 Å². The minimum atomic E-state index is -0.248. The fourth-order valence-electron chi connectivity index (χ4n) is 4.11. The van der Waals surface area contributed by atoms with Gasteiger partial charge in [0, 0.05) is 31.4 Å². The summed E-state index contributed by atoms with van der Waals surface area (Å²) in [5, 5.41) is 3.50. The normalized spacial score (nSPS) is 13.0. The smallest absolute Gasteiger partial charge is 0.262 e. The number of rotatable bonds is 8. The lowest BCUT2D eigenvalue weighted by molar-refractivity contribution is -0.130. The van der Waals surface area contributed by atoms with Crippen molar-refractivity contribution in [2.45, 2.75) is 51.6 Å². The monoisotopic (exact) mass is 452 g/mol. The van der Waals surface area contributed by atoms with E-state index in [9.17, 15) is 14.4 Å². The van der Waals surface area contributed by atoms with Crippen molar-refractivity contribution in [2.24, 2.45) is 0 Å². The van der Waals surface area contributed by atoms with E-state index in [-0.39, 0.29) is 23.9 Å². The zero-order chi connectivity index (χ0) is 22.5. The van der Waals surface area contributed by atoms with Crippen molar-refractivity contribution >= 4 is 33.4 Å². The van der Waals surface area contributed by atoms with Crippen molar-refractivity contribution in [3.63, 3.8) is 0 Å². The third-order valence-electron chi connectivity index (χ3n) is 5.83. The number of fused-ring (bicyclic) bond motifs is 3. The number of nitrogens with one attached hydrogen (secondary N) is 1. The largest absolute Gasteiger partial charge is 0.355 e. The molecule has 0 bridgehead atoms. The molecule has 4 rings (SSSR count). The Morgan fingerprint density at radius 1 is 1.19 bits per heavy atom. The first-order valence-electron chi connectivity index (χ1n) is 11.1. The lowest BCUT2D eigenvalue weighted by Gasteiger charge is -2.17. The number of carbonyl (C=O) groups is 2. The highest BCUT2D eigenvalue weighted by molar-refractivity contribution is 7.18. The predicted octanol–water partition coefficient (Wildman–Crippen LogP) is 2.89. The zero-order valence-electron chi connectivity index (χ0n) is 18.3. The van der Waals surface area contributed by atoms with Gasteiger partial charge in [-0.25, -0.2) is 4.98 Å². The van der Waals surface area contributed by atoms with Crippen LogP contribution in [0.1, 0.15) is 41.7 Å². The maximum Gasteiger partial charge on any atom is 0.262 e. The maximum atomic E-state index is 12.9. The van der Waals surface area contributed by atoms with Crippen molar-refractivity contribution in [1.29, 1.82) is 0 Å². The van der Waals surface area contributed by atoms with Crippen LogP contribution in [0.15, 0.2) is 41.5 Å². The molecule has 0 unspecified atom stereocenters. The molecule has 0 saturated carbocycles. The van der Waals surface area contributed by atoms with E-state index in [4.69, 9.17) is 0 Å². The van der Waals surface area contributed by atoms with Crippen LogP contribution in [0.2, 0.25) is 0 Å². The van der Waals surface area contributed by atoms with Crippen molar-refractivity contribution in [3.05, 3.63) is 63.0 Å². The lowest BCUT2D eigenvalue weighted by Crippen LogP contribution is -2.33. The van der Waals surface area contributed by atoms with Crippen LogP contribution in [0.25, 0.3) is 10.2 Å². The zero-order valence-corrected chi connectivity index (χ0v) is 19.1. The average molecular weight is 453 g/mol. The van der Waals surface area contributed by atoms with Crippen molar-refractivity contribution < 1.29 is 9.59 Å². The Hall–Kier alpha value is -3.00. The van der Waals surface area contributed by atoms with Crippen LogP contribution in [-0.4, -0.2) is 39.9 Å². The van der Waals surface area contributed by atoms with Crippen LogP contribution in [0.4, 0.5) is 0 Å². The van der Waals surface area contributed by atoms with Gasteiger partial charge < -0.3 is 10.2 Å². The number of hydrogen-bond acceptors (Lipinski definition) is 5. The molecule has 0 saturated heterocycles. The fourth-order valence-corrected chi connectivity index (χ4v) is 5.33. The van der Waals surface area contributed by atoms with Crippen molar-refractivity contribution in [1.82, 2.24) is 19.8 Å². The highest BCUT2D eigenvalue weighted by Gasteiger charge is 2.20. The number of nitrogens with zero attached hydrogens (tertiary/aromatic N) is 3. The molecule has 1 aliphatic carbocycles. The van der Waals surface area contributed by atoms with Gasteiger partial charge in [0.25, 0.3) is 5.56 Å². The summed E-state index contributed by atoms with van der Waals surface area (Å²) >= 11 is 1.60. The molecule has 1 aromatic carbocycles. The molecule has 0 aliphatic heterocycles. The number of carbonyl (C=O) groups excluding carboxylic acids is 2. The first-order chi connectivity index (χ1) is 15.5. The number of hydrogen-bond donors (Lipinski definition) is 1. The molecule has 2 aromatic heterocycles. The second kappa shape index (κ2) is 10.1. The third kappa shape index (κ3) is 5.07. The van der Waals surface area contributed by atoms with Crippen molar-refractivity contribution in [3.8, 4) is 0 Å². The van der Waals surface area contributed by atoms with E-state index in [2.05, 4.69) is 10.3 Å². The Labute approximate surface area is 191 Å². The SMILES string of the molecule is CN(Cc1ccccc1)C(=O)CCCNC(=O)Cn1cnc2sc3c(c2c1=O)CCCC3. The third-order valence-corrected chi connectivity index (χ3v) is 7.03. The molecule has 3 aromatic rings. The van der Waals surface area contributed by atoms with Crippen LogP contribution in [0, 0.1) is 0 Å². The van der Waals surface area contributed by atoms with Gasteiger partial charge >= 0.3 is 0 Å². The molecule has 8 heteroatoms. The molecule has 7 nitrogen and oxygen atoms in total. The van der Waals surface area contributed by atoms with Crippen LogP contribution < -0.4 is 10.9 Å². The standard InChI is InChI=1S/C24H28N4O3S/c1-27(14-17-8-3-2-4-9-17)21(30)12-7-13-25-20(29)15-28-16-26-23-22(24(28)31)18-10-5-6-11-19(18)32-23/h2-4,8-9,16H,5-7,10-15H2,1H3,(H,25,29). The quantitative estimate of drug-likeness (QED) is 0.533. The second-order valence-electron chi connectivity index (χ2n) is 8.26. The van der Waals surface area contributed by atoms with E-state index in [0.717, 1.165) is 41.6 Å². The molecule has 0 fully saturated rings. The highest BCUT2D eigenvalue weighted by atomic mass is 32.1. The number of benzene rings is 1. The fraction of sp³-hybridized carbons (Fsp3) is 0.417. The van der Waals surface area contributed by atoms with Gasteiger partial charge in [0.15, 0.2) is 0 Å². The molecule has 0 atom stereocenters. The van der Waals surface area contributed by atoms with Gasteiger partial charge in [0.2, 0.25) is 11.8 Å². The molecule has 0 radical (unpaired) electrons. The Kier molecular flexibility index (Phi) is 6.99. The van der Waals surface area contributed by atoms with E-state index < -0.39 is 0 Å². The number of aryl methyl sites for hydroxylation is 2. The summed E-state index contributed by atoms with van der Waals surface area (Å²) in [6.07, 6.45) is 6.54. The summed E-state index contributed by atoms with van der Waals surface area (Å²) in [7, 11) is 1.78. The minimum Gasteiger partial charge on any atom is -0.355 e. The molecular formula is C24H28N4O3S. The van der Waals surface area contributed by atoms with Crippen LogP contribution in [-0.2, 0) is 35.5 Å². The van der Waals surface area contributed by atoms with E-state index in [0.29, 0.717) is 31.3 Å². The Balaban J connectivity index is 1.26. The summed E-state index contributed by atoms with van der Waals surface area (Å²) in [5.74, 6) is -0.210. The van der Waals surface area contributed by atoms with Gasteiger partial charge in [-0.3, -0.25) is 19.0 Å². The Morgan fingerprint density at radius 2 is 1.97 bits per heavy atom. The summed E-state index contributed by atoms with van der Waals surface area (Å²) < 4.78 is 1.39. The molecule has 2 amide bonds. The molecule has 168 valence electrons. The maximum absolute atomic E-state index is 12.9. The van der Waals surface area contributed by atoms with E-state index in [1.807, 2.05) is 30.3 Å². The van der Waals surface area contributed by atoms with E-state index in [1.54, 1.807) is 23.3 Å². The molecule has 1 aliphatic rings. The van der Waals surface area contributed by atoms with Gasteiger partial charge in [0.05, 0.1) is 11.7 Å².